The molecular weight excluding hydrogens is 691 g/mol. The van der Waals surface area contributed by atoms with E-state index >= 15 is 0 Å². The number of nitrogens with zero attached hydrogens (tertiary/aromatic N) is 1. The molecule has 2 nitrogen and oxygen atoms in total. The van der Waals surface area contributed by atoms with Gasteiger partial charge in [-0.25, -0.2) is 0 Å². The Morgan fingerprint density at radius 2 is 0.719 bits per heavy atom. The van der Waals surface area contributed by atoms with Gasteiger partial charge in [-0.1, -0.05) is 176 Å². The molecule has 9 aromatic rings. The van der Waals surface area contributed by atoms with Gasteiger partial charge in [-0.15, -0.1) is 0 Å². The number of ether oxygens (including phenoxy) is 1. The van der Waals surface area contributed by atoms with Crippen LogP contribution >= 0.6 is 0 Å². The zero-order chi connectivity index (χ0) is 37.8. The van der Waals surface area contributed by atoms with Gasteiger partial charge in [0.25, 0.3) is 0 Å². The predicted octanol–water partition coefficient (Wildman–Crippen LogP) is 14.6. The molecule has 1 atom stereocenters. The van der Waals surface area contributed by atoms with Crippen molar-refractivity contribution < 1.29 is 4.74 Å². The molecule has 0 amide bonds. The summed E-state index contributed by atoms with van der Waals surface area (Å²) in [5.41, 5.74) is 17.1. The first-order valence-corrected chi connectivity index (χ1v) is 19.6. The lowest BCUT2D eigenvalue weighted by atomic mass is 9.66. The Bertz CT molecular complexity index is 2820. The first kappa shape index (κ1) is 33.0. The largest absolute Gasteiger partial charge is 0.457 e. The molecule has 1 heterocycles. The van der Waals surface area contributed by atoms with Crippen LogP contribution in [0.2, 0.25) is 0 Å². The first-order chi connectivity index (χ1) is 28.3. The Morgan fingerprint density at radius 3 is 1.33 bits per heavy atom. The minimum absolute atomic E-state index is 0.571. The second-order valence-electron chi connectivity index (χ2n) is 14.9. The molecule has 2 heteroatoms. The van der Waals surface area contributed by atoms with Crippen LogP contribution in [0.25, 0.3) is 44.5 Å². The summed E-state index contributed by atoms with van der Waals surface area (Å²) in [6.45, 7) is 0. The average molecular weight is 728 g/mol. The van der Waals surface area contributed by atoms with Gasteiger partial charge in [0.15, 0.2) is 0 Å². The van der Waals surface area contributed by atoms with Crippen molar-refractivity contribution in [3.63, 3.8) is 0 Å². The lowest BCUT2D eigenvalue weighted by molar-refractivity contribution is 0.436. The van der Waals surface area contributed by atoms with Crippen LogP contribution in [0.3, 0.4) is 0 Å². The number of hydrogen-bond donors (Lipinski definition) is 0. The number of anilines is 3. The van der Waals surface area contributed by atoms with Crippen molar-refractivity contribution >= 4 is 17.1 Å². The standard InChI is InChI=1S/C55H37NO/c1-4-14-38(15-5-1)41-24-29-44(30-25-41)56(45-31-26-42(27-32-45)39-16-6-2-7-17-39)46-33-35-51-54(37-46)57-53-23-13-12-22-50(53)55(51)49-21-11-10-20-47(49)48-34-28-43(36-52(48)55)40-18-8-3-9-19-40/h1-37H. The summed E-state index contributed by atoms with van der Waals surface area (Å²) in [4.78, 5) is 2.34. The van der Waals surface area contributed by atoms with E-state index in [1.807, 2.05) is 0 Å². The van der Waals surface area contributed by atoms with Crippen LogP contribution in [0, 0.1) is 0 Å². The number of hydrogen-bond acceptors (Lipinski definition) is 2. The van der Waals surface area contributed by atoms with E-state index in [4.69, 9.17) is 4.74 Å². The number of rotatable bonds is 6. The summed E-state index contributed by atoms with van der Waals surface area (Å²) < 4.78 is 7.00. The fourth-order valence-corrected chi connectivity index (χ4v) is 9.16. The van der Waals surface area contributed by atoms with Crippen molar-refractivity contribution in [2.24, 2.45) is 0 Å². The van der Waals surface area contributed by atoms with Gasteiger partial charge in [0.1, 0.15) is 11.5 Å². The normalized spacial score (nSPS) is 14.5. The Morgan fingerprint density at radius 1 is 0.281 bits per heavy atom. The number of para-hydroxylation sites is 1. The summed E-state index contributed by atoms with van der Waals surface area (Å²) in [6.07, 6.45) is 0. The summed E-state index contributed by atoms with van der Waals surface area (Å²) in [5, 5.41) is 0. The van der Waals surface area contributed by atoms with Crippen molar-refractivity contribution in [2.45, 2.75) is 5.41 Å². The second-order valence-corrected chi connectivity index (χ2v) is 14.9. The van der Waals surface area contributed by atoms with E-state index in [0.29, 0.717) is 0 Å². The molecule has 268 valence electrons. The highest BCUT2D eigenvalue weighted by Crippen LogP contribution is 2.63. The van der Waals surface area contributed by atoms with E-state index in [-0.39, 0.29) is 0 Å². The third kappa shape index (κ3) is 5.33. The summed E-state index contributed by atoms with van der Waals surface area (Å²) in [5.74, 6) is 1.73. The van der Waals surface area contributed by atoms with Gasteiger partial charge in [0.2, 0.25) is 0 Å². The van der Waals surface area contributed by atoms with E-state index in [1.165, 1.54) is 55.6 Å². The van der Waals surface area contributed by atoms with Gasteiger partial charge < -0.3 is 9.64 Å². The zero-order valence-corrected chi connectivity index (χ0v) is 31.2. The molecule has 1 spiro atoms. The first-order valence-electron chi connectivity index (χ1n) is 19.6. The third-order valence-corrected chi connectivity index (χ3v) is 11.8. The van der Waals surface area contributed by atoms with Gasteiger partial charge >= 0.3 is 0 Å². The summed E-state index contributed by atoms with van der Waals surface area (Å²) >= 11 is 0. The molecule has 0 saturated carbocycles. The van der Waals surface area contributed by atoms with Crippen molar-refractivity contribution in [3.8, 4) is 56.0 Å². The molecule has 0 saturated heterocycles. The molecule has 1 unspecified atom stereocenters. The van der Waals surface area contributed by atoms with E-state index in [2.05, 4.69) is 229 Å². The number of fused-ring (bicyclic) bond motifs is 9. The Kier molecular flexibility index (Phi) is 7.75. The molecule has 57 heavy (non-hydrogen) atoms. The van der Waals surface area contributed by atoms with E-state index < -0.39 is 5.41 Å². The molecule has 0 radical (unpaired) electrons. The molecule has 0 aromatic heterocycles. The van der Waals surface area contributed by atoms with Gasteiger partial charge in [-0.3, -0.25) is 0 Å². The maximum Gasteiger partial charge on any atom is 0.134 e. The van der Waals surface area contributed by atoms with E-state index in [9.17, 15) is 0 Å². The van der Waals surface area contributed by atoms with E-state index in [0.717, 1.165) is 39.7 Å². The topological polar surface area (TPSA) is 12.5 Å². The molecule has 1 aliphatic carbocycles. The molecule has 0 N–H and O–H groups in total. The second kappa shape index (κ2) is 13.4. The van der Waals surface area contributed by atoms with Crippen LogP contribution in [-0.4, -0.2) is 0 Å². The highest BCUT2D eigenvalue weighted by atomic mass is 16.5. The Labute approximate surface area is 333 Å². The van der Waals surface area contributed by atoms with Gasteiger partial charge in [-0.05, 0) is 98.1 Å². The summed E-state index contributed by atoms with van der Waals surface area (Å²) in [7, 11) is 0. The van der Waals surface area contributed by atoms with Crippen LogP contribution in [0.1, 0.15) is 22.3 Å². The molecule has 2 aliphatic rings. The minimum atomic E-state index is -0.571. The van der Waals surface area contributed by atoms with Crippen molar-refractivity contribution in [1.29, 1.82) is 0 Å². The molecular formula is C55H37NO. The predicted molar refractivity (Wildman–Crippen MR) is 235 cm³/mol. The molecule has 9 aromatic carbocycles. The van der Waals surface area contributed by atoms with Crippen molar-refractivity contribution in [2.75, 3.05) is 4.90 Å². The fraction of sp³-hybridized carbons (Fsp3) is 0.0182. The Hall–Kier alpha value is -7.42. The van der Waals surface area contributed by atoms with Gasteiger partial charge in [-0.2, -0.15) is 0 Å². The van der Waals surface area contributed by atoms with Crippen LogP contribution in [0.15, 0.2) is 224 Å². The number of benzene rings is 9. The third-order valence-electron chi connectivity index (χ3n) is 11.8. The van der Waals surface area contributed by atoms with E-state index in [1.54, 1.807) is 0 Å². The SMILES string of the molecule is c1ccc(-c2ccc(N(c3ccc(-c4ccccc4)cc3)c3ccc4c(c3)Oc3ccccc3C43c4ccccc4-c4ccc(-c5ccccc5)cc43)cc2)cc1. The lowest BCUT2D eigenvalue weighted by Gasteiger charge is -2.40. The fourth-order valence-electron chi connectivity index (χ4n) is 9.16. The maximum absolute atomic E-state index is 7.00. The van der Waals surface area contributed by atoms with Crippen LogP contribution in [0.4, 0.5) is 17.1 Å². The molecule has 0 fully saturated rings. The van der Waals surface area contributed by atoms with Crippen molar-refractivity contribution in [1.82, 2.24) is 0 Å². The smallest absolute Gasteiger partial charge is 0.134 e. The van der Waals surface area contributed by atoms with Crippen LogP contribution in [0.5, 0.6) is 11.5 Å². The lowest BCUT2D eigenvalue weighted by Crippen LogP contribution is -2.32. The zero-order valence-electron chi connectivity index (χ0n) is 31.2. The summed E-state index contributed by atoms with van der Waals surface area (Å²) in [6, 6.07) is 80.9. The molecule has 0 bridgehead atoms. The molecule has 11 rings (SSSR count). The monoisotopic (exact) mass is 727 g/mol. The highest BCUT2D eigenvalue weighted by Gasteiger charge is 2.51. The van der Waals surface area contributed by atoms with Crippen LogP contribution < -0.4 is 9.64 Å². The van der Waals surface area contributed by atoms with Crippen LogP contribution in [-0.2, 0) is 5.41 Å². The highest BCUT2D eigenvalue weighted by molar-refractivity contribution is 5.91. The van der Waals surface area contributed by atoms with Gasteiger partial charge in [0, 0.05) is 34.3 Å². The minimum Gasteiger partial charge on any atom is -0.457 e. The molecule has 1 aliphatic heterocycles. The average Bonchev–Trinajstić information content (AvgIpc) is 3.58. The van der Waals surface area contributed by atoms with Gasteiger partial charge in [0.05, 0.1) is 5.41 Å². The maximum atomic E-state index is 7.00. The quantitative estimate of drug-likeness (QED) is 0.169. The Balaban J connectivity index is 1.10. The van der Waals surface area contributed by atoms with Crippen molar-refractivity contribution in [3.05, 3.63) is 247 Å².